The molecule has 0 aromatic rings. The molecular weight excluding hydrogens is 233 g/mol. The van der Waals surface area contributed by atoms with E-state index in [0.717, 1.165) is 0 Å². The summed E-state index contributed by atoms with van der Waals surface area (Å²) < 4.78 is 17.4. The molecule has 0 bridgehead atoms. The molecule has 2 aliphatic heterocycles. The summed E-state index contributed by atoms with van der Waals surface area (Å²) in [6, 6.07) is 0. The Morgan fingerprint density at radius 1 is 1.00 bits per heavy atom. The zero-order valence-corrected chi connectivity index (χ0v) is 11.0. The number of hydrogen-bond donors (Lipinski definition) is 0. The molecule has 15 heavy (non-hydrogen) atoms. The van der Waals surface area contributed by atoms with Crippen molar-refractivity contribution in [1.82, 2.24) is 0 Å². The molecule has 1 spiro atoms. The van der Waals surface area contributed by atoms with Crippen molar-refractivity contribution in [2.24, 2.45) is 0 Å². The molecule has 2 fully saturated rings. The van der Waals surface area contributed by atoms with Crippen LogP contribution < -0.4 is 0 Å². The minimum absolute atomic E-state index is 0.00446. The van der Waals surface area contributed by atoms with E-state index in [4.69, 9.17) is 13.6 Å². The molecule has 0 aliphatic carbocycles. The first-order valence-corrected chi connectivity index (χ1v) is 8.57. The maximum atomic E-state index is 9.39. The van der Waals surface area contributed by atoms with Gasteiger partial charge in [-0.1, -0.05) is 0 Å². The molecular formula is C9H16NO3PS. The molecule has 0 amide bonds. The molecule has 2 aliphatic rings. The topological polar surface area (TPSA) is 51.5 Å². The van der Waals surface area contributed by atoms with E-state index in [-0.39, 0.29) is 23.6 Å². The number of hydrogen-bond acceptors (Lipinski definition) is 5. The molecule has 2 heterocycles. The fourth-order valence-corrected chi connectivity index (χ4v) is 9.39. The van der Waals surface area contributed by atoms with Gasteiger partial charge in [0.1, 0.15) is 0 Å². The van der Waals surface area contributed by atoms with Crippen LogP contribution in [0.25, 0.3) is 0 Å². The van der Waals surface area contributed by atoms with Gasteiger partial charge in [0.15, 0.2) is 0 Å². The van der Waals surface area contributed by atoms with Gasteiger partial charge in [-0.3, -0.25) is 0 Å². The van der Waals surface area contributed by atoms with Gasteiger partial charge >= 0.3 is 93.8 Å². The van der Waals surface area contributed by atoms with E-state index < -0.39 is 6.49 Å². The fourth-order valence-electron chi connectivity index (χ4n) is 1.73. The Balaban J connectivity index is 2.36. The second kappa shape index (κ2) is 3.32. The predicted molar refractivity (Wildman–Crippen MR) is 61.2 cm³/mol. The van der Waals surface area contributed by atoms with Gasteiger partial charge in [-0.25, -0.2) is 0 Å². The molecule has 4 unspecified atom stereocenters. The van der Waals surface area contributed by atoms with Crippen molar-refractivity contribution < 1.29 is 13.6 Å². The van der Waals surface area contributed by atoms with Gasteiger partial charge in [-0.2, -0.15) is 0 Å². The van der Waals surface area contributed by atoms with Crippen LogP contribution in [0.5, 0.6) is 0 Å². The number of nitrogens with zero attached hydrogens (tertiary/aromatic N) is 1. The van der Waals surface area contributed by atoms with Gasteiger partial charge in [-0.05, 0) is 0 Å². The third-order valence-electron chi connectivity index (χ3n) is 2.88. The van der Waals surface area contributed by atoms with E-state index in [0.29, 0.717) is 0 Å². The van der Waals surface area contributed by atoms with Crippen molar-refractivity contribution in [2.75, 3.05) is 0 Å². The van der Waals surface area contributed by atoms with Gasteiger partial charge in [0.25, 0.3) is 0 Å². The van der Waals surface area contributed by atoms with Crippen LogP contribution in [-0.4, -0.2) is 23.6 Å². The monoisotopic (exact) mass is 249 g/mol. The molecule has 0 radical (unpaired) electrons. The Morgan fingerprint density at radius 2 is 1.47 bits per heavy atom. The quantitative estimate of drug-likeness (QED) is 0.617. The number of nitriles is 1. The molecule has 0 aromatic carbocycles. The first-order valence-electron chi connectivity index (χ1n) is 5.10. The van der Waals surface area contributed by atoms with Crippen molar-refractivity contribution in [1.29, 1.82) is 5.26 Å². The Hall–Kier alpha value is 0.150. The van der Waals surface area contributed by atoms with Crippen LogP contribution in [0.3, 0.4) is 0 Å². The second-order valence-electron chi connectivity index (χ2n) is 4.15. The van der Waals surface area contributed by atoms with Gasteiger partial charge in [-0.15, -0.1) is 0 Å². The summed E-state index contributed by atoms with van der Waals surface area (Å²) in [5.74, 6) is 2.20. The molecule has 6 heteroatoms. The van der Waals surface area contributed by atoms with Crippen LogP contribution in [0.4, 0.5) is 0 Å². The minimum atomic E-state index is -3.50. The number of rotatable bonds is 0. The summed E-state index contributed by atoms with van der Waals surface area (Å²) in [7, 11) is 0. The van der Waals surface area contributed by atoms with Crippen LogP contribution in [0.2, 0.25) is 0 Å². The predicted octanol–water partition coefficient (Wildman–Crippen LogP) is 3.04. The van der Waals surface area contributed by atoms with Crippen molar-refractivity contribution in [3.05, 3.63) is 0 Å². The molecule has 2 saturated heterocycles. The van der Waals surface area contributed by atoms with Gasteiger partial charge in [0.2, 0.25) is 0 Å². The van der Waals surface area contributed by atoms with Crippen LogP contribution >= 0.6 is 17.9 Å². The van der Waals surface area contributed by atoms with Gasteiger partial charge < -0.3 is 0 Å². The van der Waals surface area contributed by atoms with E-state index in [1.165, 1.54) is 11.4 Å². The second-order valence-corrected chi connectivity index (χ2v) is 10.1. The van der Waals surface area contributed by atoms with E-state index in [1.807, 2.05) is 27.7 Å². The average Bonchev–Trinajstić information content (AvgIpc) is 2.53. The summed E-state index contributed by atoms with van der Waals surface area (Å²) in [6.07, 6.45) is -0.149. The summed E-state index contributed by atoms with van der Waals surface area (Å²) in [5, 5.41) is 9.63. The van der Waals surface area contributed by atoms with Crippen LogP contribution in [0.15, 0.2) is 0 Å². The summed E-state index contributed by atoms with van der Waals surface area (Å²) in [4.78, 5) is 0. The summed E-state index contributed by atoms with van der Waals surface area (Å²) in [5.41, 5.74) is 0. The third kappa shape index (κ3) is 1.60. The van der Waals surface area contributed by atoms with Gasteiger partial charge in [0.05, 0.1) is 0 Å². The van der Waals surface area contributed by atoms with E-state index in [9.17, 15) is 5.26 Å². The fraction of sp³-hybridized carbons (Fsp3) is 0.889. The molecule has 0 N–H and O–H groups in total. The Morgan fingerprint density at radius 3 is 1.80 bits per heavy atom. The zero-order chi connectivity index (χ0) is 11.3. The molecule has 86 valence electrons. The Bertz CT molecular complexity index is 280. The average molecular weight is 249 g/mol. The van der Waals surface area contributed by atoms with Crippen molar-refractivity contribution in [3.8, 4) is 5.81 Å². The summed E-state index contributed by atoms with van der Waals surface area (Å²) in [6.45, 7) is 4.33. The Labute approximate surface area is 94.2 Å². The van der Waals surface area contributed by atoms with Crippen molar-refractivity contribution >= 4 is 17.9 Å². The molecule has 0 aromatic heterocycles. The van der Waals surface area contributed by atoms with Crippen molar-refractivity contribution in [2.45, 2.75) is 51.3 Å². The van der Waals surface area contributed by atoms with Crippen LogP contribution in [-0.2, 0) is 13.6 Å². The van der Waals surface area contributed by atoms with Crippen LogP contribution in [0, 0.1) is 11.1 Å². The third-order valence-corrected chi connectivity index (χ3v) is 9.48. The van der Waals surface area contributed by atoms with E-state index in [2.05, 4.69) is 5.81 Å². The first kappa shape index (κ1) is 11.6. The first-order chi connectivity index (χ1) is 6.90. The van der Waals surface area contributed by atoms with Gasteiger partial charge in [0, 0.05) is 0 Å². The zero-order valence-electron chi connectivity index (χ0n) is 9.34. The van der Waals surface area contributed by atoms with Crippen LogP contribution in [0.1, 0.15) is 27.7 Å². The van der Waals surface area contributed by atoms with E-state index >= 15 is 0 Å². The SMILES string of the molecule is CC1OP2(C#N)(OC1C)OC(C)C(C)S2. The van der Waals surface area contributed by atoms with Crippen molar-refractivity contribution in [3.63, 3.8) is 0 Å². The summed E-state index contributed by atoms with van der Waals surface area (Å²) >= 11 is 1.44. The normalized spacial score (nSPS) is 49.7. The molecule has 4 nitrogen and oxygen atoms in total. The standard InChI is InChI=1S/C9H16NO3PS/c1-6-7(2)12-14(5-10,11-6)13-8(3)9(4)15-14/h6-9H,1-4H3. The van der Waals surface area contributed by atoms with E-state index in [1.54, 1.807) is 0 Å². The molecule has 0 saturated carbocycles. The maximum absolute atomic E-state index is 9.39. The molecule has 2 rings (SSSR count). The Kier molecular flexibility index (Phi) is 2.57. The molecule has 4 atom stereocenters.